The van der Waals surface area contributed by atoms with Crippen LogP contribution in [0.5, 0.6) is 0 Å². The van der Waals surface area contributed by atoms with Crippen LogP contribution in [0.25, 0.3) is 0 Å². The molecule has 0 fully saturated rings. The van der Waals surface area contributed by atoms with E-state index in [4.69, 9.17) is 5.26 Å². The van der Waals surface area contributed by atoms with E-state index in [1.807, 2.05) is 47.4 Å². The van der Waals surface area contributed by atoms with Gasteiger partial charge in [-0.1, -0.05) is 38.1 Å². The van der Waals surface area contributed by atoms with E-state index in [-0.39, 0.29) is 12.1 Å². The summed E-state index contributed by atoms with van der Waals surface area (Å²) in [6.45, 7) is 4.84. The lowest BCUT2D eigenvalue weighted by Gasteiger charge is -2.39. The second-order valence-electron chi connectivity index (χ2n) is 6.18. The van der Waals surface area contributed by atoms with Gasteiger partial charge in [0.2, 0.25) is 0 Å². The number of fused-ring (bicyclic) bond motifs is 1. The fraction of sp³-hybridized carbons (Fsp3) is 0.263. The fourth-order valence-electron chi connectivity index (χ4n) is 2.92. The summed E-state index contributed by atoms with van der Waals surface area (Å²) in [4.78, 5) is 14.8. The maximum absolute atomic E-state index is 12.9. The number of rotatable bonds is 3. The second-order valence-corrected chi connectivity index (χ2v) is 6.18. The highest BCUT2D eigenvalue weighted by molar-refractivity contribution is 6.01. The van der Waals surface area contributed by atoms with Crippen LogP contribution in [0.15, 0.2) is 48.5 Å². The van der Waals surface area contributed by atoms with Crippen molar-refractivity contribution in [3.63, 3.8) is 0 Å². The highest BCUT2D eigenvalue weighted by Gasteiger charge is 2.33. The van der Waals surface area contributed by atoms with Gasteiger partial charge in [-0.15, -0.1) is 0 Å². The lowest BCUT2D eigenvalue weighted by molar-refractivity contribution is 0.0658. The van der Waals surface area contributed by atoms with Crippen molar-refractivity contribution >= 4 is 11.6 Å². The minimum Gasteiger partial charge on any atom is -0.361 e. The summed E-state index contributed by atoms with van der Waals surface area (Å²) in [5, 5.41) is 12.6. The first-order chi connectivity index (χ1) is 11.1. The van der Waals surface area contributed by atoms with Crippen LogP contribution in [0.4, 0.5) is 5.69 Å². The standard InChI is InChI=1S/C19H19N3O/c1-13(2)12-22-18(15-7-5-6-14(10-15)11-20)21-17-9-4-3-8-16(17)19(22)23/h3-10,13,18,21H,12H2,1-2H3. The molecule has 1 aliphatic heterocycles. The van der Waals surface area contributed by atoms with Gasteiger partial charge < -0.3 is 10.2 Å². The number of hydrogen-bond donors (Lipinski definition) is 1. The third-order valence-electron chi connectivity index (χ3n) is 3.92. The summed E-state index contributed by atoms with van der Waals surface area (Å²) < 4.78 is 0. The molecule has 1 unspecified atom stereocenters. The van der Waals surface area contributed by atoms with E-state index in [2.05, 4.69) is 25.2 Å². The number of hydrogen-bond acceptors (Lipinski definition) is 3. The summed E-state index contributed by atoms with van der Waals surface area (Å²) >= 11 is 0. The van der Waals surface area contributed by atoms with Crippen LogP contribution >= 0.6 is 0 Å². The number of carbonyl (C=O) groups is 1. The Labute approximate surface area is 136 Å². The average molecular weight is 305 g/mol. The summed E-state index contributed by atoms with van der Waals surface area (Å²) in [7, 11) is 0. The van der Waals surface area contributed by atoms with Crippen LogP contribution in [0.1, 0.15) is 41.5 Å². The van der Waals surface area contributed by atoms with Crippen molar-refractivity contribution in [2.75, 3.05) is 11.9 Å². The molecule has 0 aromatic heterocycles. The topological polar surface area (TPSA) is 56.1 Å². The molecular formula is C19H19N3O. The lowest BCUT2D eigenvalue weighted by atomic mass is 10.0. The van der Waals surface area contributed by atoms with Crippen molar-refractivity contribution < 1.29 is 4.79 Å². The maximum atomic E-state index is 12.9. The molecule has 2 aromatic carbocycles. The van der Waals surface area contributed by atoms with Gasteiger partial charge in [-0.2, -0.15) is 5.26 Å². The molecule has 0 radical (unpaired) electrons. The van der Waals surface area contributed by atoms with Gasteiger partial charge in [0.15, 0.2) is 0 Å². The fourth-order valence-corrected chi connectivity index (χ4v) is 2.92. The van der Waals surface area contributed by atoms with Crippen LogP contribution in [0, 0.1) is 17.2 Å². The Bertz CT molecular complexity index is 776. The summed E-state index contributed by atoms with van der Waals surface area (Å²) in [5.74, 6) is 0.382. The Morgan fingerprint density at radius 1 is 1.22 bits per heavy atom. The predicted octanol–water partition coefficient (Wildman–Crippen LogP) is 3.78. The number of benzene rings is 2. The predicted molar refractivity (Wildman–Crippen MR) is 89.8 cm³/mol. The van der Waals surface area contributed by atoms with Crippen LogP contribution in [-0.4, -0.2) is 17.4 Å². The number of para-hydroxylation sites is 1. The van der Waals surface area contributed by atoms with Crippen molar-refractivity contribution in [1.82, 2.24) is 4.90 Å². The first-order valence-electron chi connectivity index (χ1n) is 7.76. The van der Waals surface area contributed by atoms with Gasteiger partial charge >= 0.3 is 0 Å². The SMILES string of the molecule is CC(C)CN1C(=O)c2ccccc2NC1c1cccc(C#N)c1. The van der Waals surface area contributed by atoms with Gasteiger partial charge in [0.05, 0.1) is 17.2 Å². The molecule has 0 saturated heterocycles. The van der Waals surface area contributed by atoms with Crippen molar-refractivity contribution in [1.29, 1.82) is 5.26 Å². The lowest BCUT2D eigenvalue weighted by Crippen LogP contribution is -2.44. The number of nitriles is 1. The molecule has 3 rings (SSSR count). The molecule has 1 atom stereocenters. The number of carbonyl (C=O) groups excluding carboxylic acids is 1. The largest absolute Gasteiger partial charge is 0.361 e. The van der Waals surface area contributed by atoms with Crippen LogP contribution in [0.2, 0.25) is 0 Å². The highest BCUT2D eigenvalue weighted by atomic mass is 16.2. The Balaban J connectivity index is 2.06. The molecule has 1 N–H and O–H groups in total. The van der Waals surface area contributed by atoms with Gasteiger partial charge in [0.1, 0.15) is 6.17 Å². The van der Waals surface area contributed by atoms with E-state index < -0.39 is 0 Å². The Kier molecular flexibility index (Phi) is 4.03. The van der Waals surface area contributed by atoms with E-state index in [0.717, 1.165) is 11.3 Å². The zero-order valence-electron chi connectivity index (χ0n) is 13.3. The van der Waals surface area contributed by atoms with Crippen LogP contribution < -0.4 is 5.32 Å². The average Bonchev–Trinajstić information content (AvgIpc) is 2.57. The third-order valence-corrected chi connectivity index (χ3v) is 3.92. The van der Waals surface area contributed by atoms with Gasteiger partial charge in [0, 0.05) is 12.2 Å². The van der Waals surface area contributed by atoms with Gasteiger partial charge in [-0.25, -0.2) is 0 Å². The van der Waals surface area contributed by atoms with Crippen LogP contribution in [-0.2, 0) is 0 Å². The molecule has 0 aliphatic carbocycles. The monoisotopic (exact) mass is 305 g/mol. The number of nitrogens with zero attached hydrogens (tertiary/aromatic N) is 2. The van der Waals surface area contributed by atoms with E-state index in [9.17, 15) is 4.79 Å². The summed E-state index contributed by atoms with van der Waals surface area (Å²) in [5.41, 5.74) is 3.05. The van der Waals surface area contributed by atoms with E-state index in [1.165, 1.54) is 0 Å². The zero-order chi connectivity index (χ0) is 16.4. The summed E-state index contributed by atoms with van der Waals surface area (Å²) in [6.07, 6.45) is -0.256. The molecule has 1 amide bonds. The Morgan fingerprint density at radius 2 is 2.00 bits per heavy atom. The third kappa shape index (κ3) is 2.91. The van der Waals surface area contributed by atoms with Crippen molar-refractivity contribution in [3.05, 3.63) is 65.2 Å². The molecule has 4 nitrogen and oxygen atoms in total. The van der Waals surface area contributed by atoms with Crippen molar-refractivity contribution in [2.24, 2.45) is 5.92 Å². The quantitative estimate of drug-likeness (QED) is 0.939. The molecule has 116 valence electrons. The van der Waals surface area contributed by atoms with E-state index >= 15 is 0 Å². The Hall–Kier alpha value is -2.80. The Morgan fingerprint density at radius 3 is 2.74 bits per heavy atom. The normalized spacial score (nSPS) is 16.7. The first-order valence-corrected chi connectivity index (χ1v) is 7.76. The molecule has 0 saturated carbocycles. The van der Waals surface area contributed by atoms with Gasteiger partial charge in [-0.3, -0.25) is 4.79 Å². The highest BCUT2D eigenvalue weighted by Crippen LogP contribution is 2.33. The minimum absolute atomic E-state index is 0.0282. The molecule has 4 heteroatoms. The molecule has 2 aromatic rings. The molecule has 0 spiro atoms. The van der Waals surface area contributed by atoms with Gasteiger partial charge in [0.25, 0.3) is 5.91 Å². The number of anilines is 1. The van der Waals surface area contributed by atoms with Gasteiger partial charge in [-0.05, 0) is 35.7 Å². The number of amides is 1. The molecule has 23 heavy (non-hydrogen) atoms. The molecular weight excluding hydrogens is 286 g/mol. The summed E-state index contributed by atoms with van der Waals surface area (Å²) in [6, 6.07) is 17.1. The second kappa shape index (κ2) is 6.13. The molecule has 0 bridgehead atoms. The maximum Gasteiger partial charge on any atom is 0.257 e. The zero-order valence-corrected chi connectivity index (χ0v) is 13.3. The van der Waals surface area contributed by atoms with E-state index in [0.29, 0.717) is 23.6 Å². The smallest absolute Gasteiger partial charge is 0.257 e. The molecule has 1 aliphatic rings. The van der Waals surface area contributed by atoms with Crippen molar-refractivity contribution in [2.45, 2.75) is 20.0 Å². The molecule has 1 heterocycles. The van der Waals surface area contributed by atoms with E-state index in [1.54, 1.807) is 6.07 Å². The minimum atomic E-state index is -0.256. The van der Waals surface area contributed by atoms with Crippen molar-refractivity contribution in [3.8, 4) is 6.07 Å². The number of nitrogens with one attached hydrogen (secondary N) is 1. The first kappa shape index (κ1) is 15.1. The van der Waals surface area contributed by atoms with Crippen LogP contribution in [0.3, 0.4) is 0 Å².